The number of allylic oxidation sites excluding steroid dienone is 2. The lowest BCUT2D eigenvalue weighted by atomic mass is 9.82. The number of nitrogens with one attached hydrogen (secondary N) is 1. The standard InChI is InChI=1S/C10H16BNS/c1-4-7(2)10(11)6-9(12)5-8(3)13/h6-7,12H,4-5H2,1-3H3/b10-6+,12-9?. The molecule has 13 heavy (non-hydrogen) atoms. The smallest absolute Gasteiger partial charge is 0.108 e. The molecule has 0 aliphatic carbocycles. The van der Waals surface area contributed by atoms with E-state index in [0.717, 1.165) is 16.8 Å². The van der Waals surface area contributed by atoms with Gasteiger partial charge in [0, 0.05) is 12.1 Å². The second-order valence-electron chi connectivity index (χ2n) is 3.36. The predicted molar refractivity (Wildman–Crippen MR) is 63.9 cm³/mol. The van der Waals surface area contributed by atoms with Crippen LogP contribution in [0.1, 0.15) is 33.6 Å². The molecule has 0 heterocycles. The molecule has 2 radical (unpaired) electrons. The minimum Gasteiger partial charge on any atom is -0.305 e. The molecule has 0 aliphatic heterocycles. The van der Waals surface area contributed by atoms with E-state index >= 15 is 0 Å². The molecule has 0 saturated carbocycles. The van der Waals surface area contributed by atoms with E-state index in [0.29, 0.717) is 18.1 Å². The zero-order valence-corrected chi connectivity index (χ0v) is 9.37. The molecule has 1 unspecified atom stereocenters. The van der Waals surface area contributed by atoms with Gasteiger partial charge in [0.25, 0.3) is 0 Å². The summed E-state index contributed by atoms with van der Waals surface area (Å²) in [5.74, 6) is 0.353. The summed E-state index contributed by atoms with van der Waals surface area (Å²) in [5, 5.41) is 7.57. The van der Waals surface area contributed by atoms with Gasteiger partial charge < -0.3 is 5.41 Å². The largest absolute Gasteiger partial charge is 0.305 e. The van der Waals surface area contributed by atoms with Crippen LogP contribution in [0.25, 0.3) is 0 Å². The number of rotatable bonds is 5. The Morgan fingerprint density at radius 1 is 1.62 bits per heavy atom. The third kappa shape index (κ3) is 5.75. The summed E-state index contributed by atoms with van der Waals surface area (Å²) in [6.07, 6.45) is 3.28. The summed E-state index contributed by atoms with van der Waals surface area (Å²) in [7, 11) is 5.78. The van der Waals surface area contributed by atoms with E-state index in [9.17, 15) is 0 Å². The molecule has 1 N–H and O–H groups in total. The van der Waals surface area contributed by atoms with E-state index < -0.39 is 0 Å². The van der Waals surface area contributed by atoms with Crippen LogP contribution in [0.5, 0.6) is 0 Å². The average Bonchev–Trinajstić information content (AvgIpc) is 2.01. The van der Waals surface area contributed by atoms with Gasteiger partial charge in [-0.05, 0) is 17.7 Å². The van der Waals surface area contributed by atoms with E-state index in [2.05, 4.69) is 13.8 Å². The topological polar surface area (TPSA) is 23.9 Å². The summed E-state index contributed by atoms with van der Waals surface area (Å²) in [6.45, 7) is 5.99. The van der Waals surface area contributed by atoms with Gasteiger partial charge in [-0.25, -0.2) is 0 Å². The number of thiocarbonyl (C=S) groups is 1. The van der Waals surface area contributed by atoms with Gasteiger partial charge in [0.2, 0.25) is 0 Å². The van der Waals surface area contributed by atoms with Gasteiger partial charge in [0.05, 0.1) is 0 Å². The monoisotopic (exact) mass is 193 g/mol. The number of hydrogen-bond donors (Lipinski definition) is 1. The van der Waals surface area contributed by atoms with Crippen molar-refractivity contribution < 1.29 is 0 Å². The SMILES string of the molecule is [B]/C(=C/C(=N)CC(C)=S)C(C)CC. The molecule has 1 nitrogen and oxygen atoms in total. The van der Waals surface area contributed by atoms with Gasteiger partial charge in [0.1, 0.15) is 7.85 Å². The van der Waals surface area contributed by atoms with Crippen molar-refractivity contribution in [2.24, 2.45) is 5.92 Å². The Labute approximate surface area is 87.5 Å². The van der Waals surface area contributed by atoms with Gasteiger partial charge in [-0.2, -0.15) is 0 Å². The molecule has 0 amide bonds. The zero-order valence-electron chi connectivity index (χ0n) is 8.55. The van der Waals surface area contributed by atoms with E-state index in [1.165, 1.54) is 0 Å². The summed E-state index contributed by atoms with van der Waals surface area (Å²) < 4.78 is 0. The van der Waals surface area contributed by atoms with Crippen LogP contribution in [-0.4, -0.2) is 18.4 Å². The highest BCUT2D eigenvalue weighted by Gasteiger charge is 2.01. The molecular weight excluding hydrogens is 177 g/mol. The Hall–Kier alpha value is -0.435. The molecule has 0 aliphatic rings. The van der Waals surface area contributed by atoms with Crippen molar-refractivity contribution >= 4 is 30.6 Å². The van der Waals surface area contributed by atoms with Gasteiger partial charge in [-0.3, -0.25) is 0 Å². The van der Waals surface area contributed by atoms with Crippen molar-refractivity contribution in [1.29, 1.82) is 5.41 Å². The molecule has 0 aromatic heterocycles. The highest BCUT2D eigenvalue weighted by atomic mass is 32.1. The first kappa shape index (κ1) is 12.6. The maximum absolute atomic E-state index is 7.57. The summed E-state index contributed by atoms with van der Waals surface area (Å²) >= 11 is 4.91. The van der Waals surface area contributed by atoms with Gasteiger partial charge in [0.15, 0.2) is 0 Å². The predicted octanol–water partition coefficient (Wildman–Crippen LogP) is 2.88. The van der Waals surface area contributed by atoms with E-state index in [1.807, 2.05) is 6.92 Å². The normalized spacial score (nSPS) is 13.9. The van der Waals surface area contributed by atoms with Crippen LogP contribution in [0.4, 0.5) is 0 Å². The van der Waals surface area contributed by atoms with Crippen molar-refractivity contribution in [3.63, 3.8) is 0 Å². The molecule has 0 bridgehead atoms. The van der Waals surface area contributed by atoms with Gasteiger partial charge in [-0.15, -0.1) is 5.47 Å². The summed E-state index contributed by atoms with van der Waals surface area (Å²) in [4.78, 5) is 0.832. The lowest BCUT2D eigenvalue weighted by Crippen LogP contribution is -2.04. The first-order valence-electron chi connectivity index (χ1n) is 4.51. The lowest BCUT2D eigenvalue weighted by Gasteiger charge is -2.09. The van der Waals surface area contributed by atoms with Crippen LogP contribution in [0.2, 0.25) is 0 Å². The summed E-state index contributed by atoms with van der Waals surface area (Å²) in [5.41, 5.74) is 1.29. The van der Waals surface area contributed by atoms with Crippen molar-refractivity contribution in [2.45, 2.75) is 33.6 Å². The van der Waals surface area contributed by atoms with Crippen molar-refractivity contribution in [1.82, 2.24) is 0 Å². The van der Waals surface area contributed by atoms with Crippen LogP contribution in [0, 0.1) is 11.3 Å². The number of hydrogen-bond acceptors (Lipinski definition) is 2. The molecule has 1 atom stereocenters. The molecule has 0 fully saturated rings. The maximum Gasteiger partial charge on any atom is 0.108 e. The molecule has 0 aromatic rings. The first-order chi connectivity index (χ1) is 5.97. The Morgan fingerprint density at radius 2 is 2.15 bits per heavy atom. The third-order valence-corrected chi connectivity index (χ3v) is 2.11. The molecule has 0 rings (SSSR count). The molecule has 70 valence electrons. The van der Waals surface area contributed by atoms with Crippen LogP contribution in [0.3, 0.4) is 0 Å². The van der Waals surface area contributed by atoms with Crippen molar-refractivity contribution in [3.05, 3.63) is 11.5 Å². The first-order valence-corrected chi connectivity index (χ1v) is 4.92. The van der Waals surface area contributed by atoms with Crippen LogP contribution in [-0.2, 0) is 0 Å². The maximum atomic E-state index is 7.57. The second kappa shape index (κ2) is 6.08. The Kier molecular flexibility index (Phi) is 5.88. The molecule has 3 heteroatoms. The highest BCUT2D eigenvalue weighted by molar-refractivity contribution is 7.80. The second-order valence-corrected chi connectivity index (χ2v) is 4.05. The fraction of sp³-hybridized carbons (Fsp3) is 0.600. The minimum absolute atomic E-state index is 0.353. The van der Waals surface area contributed by atoms with E-state index in [1.54, 1.807) is 6.08 Å². The fourth-order valence-electron chi connectivity index (χ4n) is 0.898. The summed E-state index contributed by atoms with van der Waals surface area (Å²) in [6, 6.07) is 0. The van der Waals surface area contributed by atoms with E-state index in [4.69, 9.17) is 25.5 Å². The van der Waals surface area contributed by atoms with Crippen molar-refractivity contribution in [2.75, 3.05) is 0 Å². The van der Waals surface area contributed by atoms with E-state index in [-0.39, 0.29) is 0 Å². The van der Waals surface area contributed by atoms with Gasteiger partial charge >= 0.3 is 0 Å². The quantitative estimate of drug-likeness (QED) is 0.405. The Morgan fingerprint density at radius 3 is 2.54 bits per heavy atom. The average molecular weight is 193 g/mol. The fourth-order valence-corrected chi connectivity index (χ4v) is 1.05. The third-order valence-electron chi connectivity index (χ3n) is 1.96. The molecule has 0 spiro atoms. The zero-order chi connectivity index (χ0) is 10.4. The molecular formula is C10H16BNS. The van der Waals surface area contributed by atoms with Crippen LogP contribution >= 0.6 is 12.2 Å². The van der Waals surface area contributed by atoms with Crippen LogP contribution < -0.4 is 0 Å². The van der Waals surface area contributed by atoms with Gasteiger partial charge in [-0.1, -0.05) is 38.6 Å². The Bertz CT molecular complexity index is 233. The van der Waals surface area contributed by atoms with Crippen LogP contribution in [0.15, 0.2) is 11.5 Å². The Balaban J connectivity index is 4.21. The lowest BCUT2D eigenvalue weighted by molar-refractivity contribution is 0.685. The highest BCUT2D eigenvalue weighted by Crippen LogP contribution is 2.10. The molecule has 0 aromatic carbocycles. The molecule has 0 saturated heterocycles. The van der Waals surface area contributed by atoms with Crippen molar-refractivity contribution in [3.8, 4) is 0 Å². The minimum atomic E-state index is 0.353.